The van der Waals surface area contributed by atoms with Gasteiger partial charge in [-0.25, -0.2) is 4.98 Å². The number of likely N-dealkylation sites (N-methyl/N-ethyl adjacent to an activating group) is 1. The quantitative estimate of drug-likeness (QED) is 0.902. The summed E-state index contributed by atoms with van der Waals surface area (Å²) >= 11 is 0. The first-order valence-corrected chi connectivity index (χ1v) is 7.90. The summed E-state index contributed by atoms with van der Waals surface area (Å²) < 4.78 is 0. The van der Waals surface area contributed by atoms with E-state index in [1.165, 1.54) is 0 Å². The fourth-order valence-electron chi connectivity index (χ4n) is 2.72. The summed E-state index contributed by atoms with van der Waals surface area (Å²) in [6, 6.07) is 6.01. The minimum absolute atomic E-state index is 0.0396. The number of rotatable bonds is 5. The molecule has 1 amide bonds. The number of anilines is 1. The Balaban J connectivity index is 2.03. The second-order valence-electron chi connectivity index (χ2n) is 5.56. The second-order valence-corrected chi connectivity index (χ2v) is 5.56. The molecule has 0 spiro atoms. The van der Waals surface area contributed by atoms with Gasteiger partial charge in [0.1, 0.15) is 11.5 Å². The van der Waals surface area contributed by atoms with Gasteiger partial charge in [-0.3, -0.25) is 9.69 Å². The molecule has 1 aromatic rings. The Morgan fingerprint density at radius 1 is 1.38 bits per heavy atom. The van der Waals surface area contributed by atoms with Crippen molar-refractivity contribution in [2.75, 3.05) is 38.0 Å². The standard InChI is InChI=1S/C16H26N4O/c1-4-9-17-15-8-6-7-14(18-15)16(21)20-11-10-19(5-2)13(3)12-20/h6-8,13H,4-5,9-12H2,1-3H3,(H,17,18). The van der Waals surface area contributed by atoms with Crippen molar-refractivity contribution in [2.24, 2.45) is 0 Å². The summed E-state index contributed by atoms with van der Waals surface area (Å²) in [6.45, 7) is 10.9. The molecule has 21 heavy (non-hydrogen) atoms. The third kappa shape index (κ3) is 3.94. The molecule has 116 valence electrons. The zero-order chi connectivity index (χ0) is 15.2. The number of pyridine rings is 1. The predicted octanol–water partition coefficient (Wildman–Crippen LogP) is 2.07. The Morgan fingerprint density at radius 3 is 2.86 bits per heavy atom. The lowest BCUT2D eigenvalue weighted by atomic mass is 10.1. The first-order valence-electron chi connectivity index (χ1n) is 7.90. The molecular weight excluding hydrogens is 264 g/mol. The van der Waals surface area contributed by atoms with Crippen LogP contribution >= 0.6 is 0 Å². The van der Waals surface area contributed by atoms with E-state index in [2.05, 4.69) is 36.0 Å². The van der Waals surface area contributed by atoms with Crippen molar-refractivity contribution in [2.45, 2.75) is 33.2 Å². The van der Waals surface area contributed by atoms with Crippen LogP contribution in [-0.2, 0) is 0 Å². The highest BCUT2D eigenvalue weighted by molar-refractivity contribution is 5.92. The fourth-order valence-corrected chi connectivity index (χ4v) is 2.72. The number of carbonyl (C=O) groups excluding carboxylic acids is 1. The summed E-state index contributed by atoms with van der Waals surface area (Å²) in [5.41, 5.74) is 0.535. The number of hydrogen-bond donors (Lipinski definition) is 1. The van der Waals surface area contributed by atoms with E-state index in [0.717, 1.165) is 45.0 Å². The number of aromatic nitrogens is 1. The number of nitrogens with one attached hydrogen (secondary N) is 1. The molecule has 1 N–H and O–H groups in total. The third-order valence-corrected chi connectivity index (χ3v) is 3.98. The maximum absolute atomic E-state index is 12.6. The van der Waals surface area contributed by atoms with Crippen LogP contribution in [0.15, 0.2) is 18.2 Å². The number of amides is 1. The Hall–Kier alpha value is -1.62. The van der Waals surface area contributed by atoms with Crippen LogP contribution in [0.2, 0.25) is 0 Å². The lowest BCUT2D eigenvalue weighted by Crippen LogP contribution is -2.53. The van der Waals surface area contributed by atoms with E-state index in [-0.39, 0.29) is 5.91 Å². The molecule has 1 unspecified atom stereocenters. The van der Waals surface area contributed by atoms with Crippen LogP contribution in [0, 0.1) is 0 Å². The van der Waals surface area contributed by atoms with Gasteiger partial charge in [-0.05, 0) is 32.0 Å². The highest BCUT2D eigenvalue weighted by Gasteiger charge is 2.26. The van der Waals surface area contributed by atoms with Crippen molar-refractivity contribution >= 4 is 11.7 Å². The van der Waals surface area contributed by atoms with E-state index >= 15 is 0 Å². The van der Waals surface area contributed by atoms with Crippen molar-refractivity contribution in [1.82, 2.24) is 14.8 Å². The number of nitrogens with zero attached hydrogens (tertiary/aromatic N) is 3. The molecular formula is C16H26N4O. The smallest absolute Gasteiger partial charge is 0.272 e. The topological polar surface area (TPSA) is 48.5 Å². The van der Waals surface area contributed by atoms with Crippen molar-refractivity contribution in [3.63, 3.8) is 0 Å². The molecule has 2 rings (SSSR count). The molecule has 1 fully saturated rings. The van der Waals surface area contributed by atoms with E-state index in [1.54, 1.807) is 6.07 Å². The van der Waals surface area contributed by atoms with Gasteiger partial charge in [-0.1, -0.05) is 19.9 Å². The molecule has 5 heteroatoms. The van der Waals surface area contributed by atoms with Crippen molar-refractivity contribution in [3.8, 4) is 0 Å². The van der Waals surface area contributed by atoms with E-state index in [4.69, 9.17) is 0 Å². The summed E-state index contributed by atoms with van der Waals surface area (Å²) in [6.07, 6.45) is 1.04. The monoisotopic (exact) mass is 290 g/mol. The second kappa shape index (κ2) is 7.41. The van der Waals surface area contributed by atoms with Crippen LogP contribution in [0.4, 0.5) is 5.82 Å². The van der Waals surface area contributed by atoms with Crippen LogP contribution in [-0.4, -0.2) is 59.5 Å². The molecule has 0 bridgehead atoms. The highest BCUT2D eigenvalue weighted by Crippen LogP contribution is 2.13. The zero-order valence-corrected chi connectivity index (χ0v) is 13.3. The average molecular weight is 290 g/mol. The third-order valence-electron chi connectivity index (χ3n) is 3.98. The Labute approximate surface area is 127 Å². The van der Waals surface area contributed by atoms with Gasteiger partial charge in [0, 0.05) is 32.2 Å². The van der Waals surface area contributed by atoms with Gasteiger partial charge in [0.25, 0.3) is 5.91 Å². The van der Waals surface area contributed by atoms with Gasteiger partial charge >= 0.3 is 0 Å². The van der Waals surface area contributed by atoms with E-state index in [9.17, 15) is 4.79 Å². The first kappa shape index (κ1) is 15.8. The van der Waals surface area contributed by atoms with Gasteiger partial charge in [-0.2, -0.15) is 0 Å². The van der Waals surface area contributed by atoms with Crippen molar-refractivity contribution in [3.05, 3.63) is 23.9 Å². The maximum atomic E-state index is 12.6. The van der Waals surface area contributed by atoms with E-state index in [1.807, 2.05) is 17.0 Å². The maximum Gasteiger partial charge on any atom is 0.272 e. The van der Waals surface area contributed by atoms with E-state index in [0.29, 0.717) is 11.7 Å². The number of carbonyl (C=O) groups is 1. The molecule has 1 aliphatic rings. The van der Waals surface area contributed by atoms with Crippen LogP contribution in [0.1, 0.15) is 37.7 Å². The van der Waals surface area contributed by atoms with Crippen LogP contribution in [0.25, 0.3) is 0 Å². The molecule has 0 aromatic carbocycles. The van der Waals surface area contributed by atoms with Gasteiger partial charge in [-0.15, -0.1) is 0 Å². The van der Waals surface area contributed by atoms with Gasteiger partial charge in [0.15, 0.2) is 0 Å². The summed E-state index contributed by atoms with van der Waals surface area (Å²) in [7, 11) is 0. The van der Waals surface area contributed by atoms with Crippen LogP contribution in [0.5, 0.6) is 0 Å². The van der Waals surface area contributed by atoms with Crippen LogP contribution < -0.4 is 5.32 Å². The number of piperazine rings is 1. The summed E-state index contributed by atoms with van der Waals surface area (Å²) in [4.78, 5) is 21.3. The molecule has 0 radical (unpaired) electrons. The molecule has 0 aliphatic carbocycles. The molecule has 1 saturated heterocycles. The molecule has 1 aromatic heterocycles. The molecule has 1 atom stereocenters. The van der Waals surface area contributed by atoms with Crippen molar-refractivity contribution < 1.29 is 4.79 Å². The highest BCUT2D eigenvalue weighted by atomic mass is 16.2. The largest absolute Gasteiger partial charge is 0.370 e. The predicted molar refractivity (Wildman–Crippen MR) is 85.6 cm³/mol. The molecule has 0 saturated carbocycles. The molecule has 2 heterocycles. The zero-order valence-electron chi connectivity index (χ0n) is 13.3. The van der Waals surface area contributed by atoms with Gasteiger partial charge < -0.3 is 10.2 Å². The normalized spacial score (nSPS) is 19.6. The molecule has 1 aliphatic heterocycles. The van der Waals surface area contributed by atoms with Crippen molar-refractivity contribution in [1.29, 1.82) is 0 Å². The minimum Gasteiger partial charge on any atom is -0.370 e. The Kier molecular flexibility index (Phi) is 5.56. The lowest BCUT2D eigenvalue weighted by Gasteiger charge is -2.39. The minimum atomic E-state index is 0.0396. The summed E-state index contributed by atoms with van der Waals surface area (Å²) in [5.74, 6) is 0.820. The lowest BCUT2D eigenvalue weighted by molar-refractivity contribution is 0.0523. The Bertz CT molecular complexity index is 477. The Morgan fingerprint density at radius 2 is 2.19 bits per heavy atom. The number of hydrogen-bond acceptors (Lipinski definition) is 4. The summed E-state index contributed by atoms with van der Waals surface area (Å²) in [5, 5.41) is 3.23. The average Bonchev–Trinajstić information content (AvgIpc) is 2.52. The SMILES string of the molecule is CCCNc1cccc(C(=O)N2CCN(CC)C(C)C2)n1. The van der Waals surface area contributed by atoms with Crippen LogP contribution in [0.3, 0.4) is 0 Å². The fraction of sp³-hybridized carbons (Fsp3) is 0.625. The molecule has 5 nitrogen and oxygen atoms in total. The first-order chi connectivity index (χ1) is 10.2. The van der Waals surface area contributed by atoms with Gasteiger partial charge in [0.05, 0.1) is 0 Å². The van der Waals surface area contributed by atoms with Gasteiger partial charge in [0.2, 0.25) is 0 Å². The van der Waals surface area contributed by atoms with E-state index < -0.39 is 0 Å².